The summed E-state index contributed by atoms with van der Waals surface area (Å²) in [6, 6.07) is -1.43. The average molecular weight is 295 g/mol. The Bertz CT molecular complexity index is 350. The van der Waals surface area contributed by atoms with Gasteiger partial charge < -0.3 is 15.8 Å². The Balaban J connectivity index is 5.36. The Morgan fingerprint density at radius 1 is 1.21 bits per heavy atom. The number of nitrogens with zero attached hydrogens (tertiary/aromatic N) is 2. The molecular weight excluding hydrogens is 284 g/mol. The fourth-order valence-corrected chi connectivity index (χ4v) is 1.14. The van der Waals surface area contributed by atoms with Gasteiger partial charge >= 0.3 is 12.4 Å². The van der Waals surface area contributed by atoms with Gasteiger partial charge in [-0.15, -0.1) is 0 Å². The Kier molecular flexibility index (Phi) is 5.04. The maximum absolute atomic E-state index is 12.3. The van der Waals surface area contributed by atoms with Crippen LogP contribution in [0.15, 0.2) is 5.16 Å². The normalized spacial score (nSPS) is 15.5. The molecule has 0 heterocycles. The number of alkyl halides is 6. The van der Waals surface area contributed by atoms with Gasteiger partial charge in [-0.25, -0.2) is 0 Å². The van der Waals surface area contributed by atoms with E-state index in [9.17, 15) is 31.1 Å². The quantitative estimate of drug-likeness (QED) is 0.271. The molecule has 0 aliphatic rings. The van der Waals surface area contributed by atoms with E-state index in [0.717, 1.165) is 6.92 Å². The number of amides is 1. The molecule has 0 aliphatic carbocycles. The van der Waals surface area contributed by atoms with Crippen LogP contribution in [0, 0.1) is 5.92 Å². The molecule has 5 nitrogen and oxygen atoms in total. The van der Waals surface area contributed by atoms with Crippen molar-refractivity contribution in [2.24, 2.45) is 16.8 Å². The summed E-state index contributed by atoms with van der Waals surface area (Å²) < 4.78 is 73.8. The van der Waals surface area contributed by atoms with Crippen LogP contribution in [0.1, 0.15) is 6.92 Å². The lowest BCUT2D eigenvalue weighted by molar-refractivity contribution is -0.277. The fourth-order valence-electron chi connectivity index (χ4n) is 1.14. The van der Waals surface area contributed by atoms with Crippen molar-refractivity contribution in [1.29, 1.82) is 0 Å². The second-order valence-corrected chi connectivity index (χ2v) is 3.67. The van der Waals surface area contributed by atoms with Crippen LogP contribution in [-0.4, -0.2) is 47.3 Å². The molecule has 112 valence electrons. The van der Waals surface area contributed by atoms with E-state index in [4.69, 9.17) is 10.9 Å². The van der Waals surface area contributed by atoms with E-state index in [2.05, 4.69) is 5.16 Å². The van der Waals surface area contributed by atoms with Crippen molar-refractivity contribution in [1.82, 2.24) is 4.90 Å². The number of carbonyl (C=O) groups is 1. The van der Waals surface area contributed by atoms with Crippen molar-refractivity contribution < 1.29 is 36.3 Å². The first-order valence-electron chi connectivity index (χ1n) is 4.71. The molecule has 3 N–H and O–H groups in total. The summed E-state index contributed by atoms with van der Waals surface area (Å²) in [5.74, 6) is -7.09. The number of hydrogen-bond donors (Lipinski definition) is 2. The number of nitrogens with two attached hydrogens (primary N) is 1. The van der Waals surface area contributed by atoms with Gasteiger partial charge in [0, 0.05) is 7.05 Å². The molecule has 1 atom stereocenters. The number of hydrogen-bond acceptors (Lipinski definition) is 3. The number of likely N-dealkylation sites (N-methyl/N-ethyl adjacent to an activating group) is 1. The molecule has 0 aromatic heterocycles. The Morgan fingerprint density at radius 3 is 1.84 bits per heavy atom. The molecule has 19 heavy (non-hydrogen) atoms. The highest BCUT2D eigenvalue weighted by Crippen LogP contribution is 2.40. The van der Waals surface area contributed by atoms with Gasteiger partial charge in [-0.3, -0.25) is 4.79 Å². The first-order valence-corrected chi connectivity index (χ1v) is 4.71. The molecule has 11 heteroatoms. The molecule has 0 fully saturated rings. The molecule has 0 aromatic carbocycles. The van der Waals surface area contributed by atoms with Crippen molar-refractivity contribution >= 4 is 11.7 Å². The molecule has 0 aliphatic heterocycles. The zero-order valence-corrected chi connectivity index (χ0v) is 9.75. The first-order chi connectivity index (χ1) is 8.34. The lowest BCUT2D eigenvalue weighted by Crippen LogP contribution is -2.53. The second-order valence-electron chi connectivity index (χ2n) is 3.67. The van der Waals surface area contributed by atoms with Gasteiger partial charge in [-0.05, 0) is 6.92 Å². The maximum atomic E-state index is 12.3. The lowest BCUT2D eigenvalue weighted by atomic mass is 10.1. The van der Waals surface area contributed by atoms with E-state index < -0.39 is 36.1 Å². The minimum atomic E-state index is -5.78. The summed E-state index contributed by atoms with van der Waals surface area (Å²) in [5.41, 5.74) is 5.02. The van der Waals surface area contributed by atoms with Crippen LogP contribution in [0.3, 0.4) is 0 Å². The van der Waals surface area contributed by atoms with Gasteiger partial charge in [0.25, 0.3) is 0 Å². The van der Waals surface area contributed by atoms with Gasteiger partial charge in [0.15, 0.2) is 5.84 Å². The average Bonchev–Trinajstić information content (AvgIpc) is 2.21. The van der Waals surface area contributed by atoms with E-state index in [1.54, 1.807) is 0 Å². The van der Waals surface area contributed by atoms with Crippen molar-refractivity contribution in [3.8, 4) is 0 Å². The zero-order chi connectivity index (χ0) is 15.6. The van der Waals surface area contributed by atoms with Crippen molar-refractivity contribution in [3.05, 3.63) is 0 Å². The van der Waals surface area contributed by atoms with Crippen LogP contribution < -0.4 is 5.73 Å². The SMILES string of the molecule is CC(C(N)=NO)N(C)C(=O)C(C(F)(F)F)C(F)(F)F. The second kappa shape index (κ2) is 5.53. The molecule has 0 radical (unpaired) electrons. The smallest absolute Gasteiger partial charge is 0.409 e. The van der Waals surface area contributed by atoms with E-state index in [1.165, 1.54) is 0 Å². The third-order valence-electron chi connectivity index (χ3n) is 2.37. The van der Waals surface area contributed by atoms with Gasteiger partial charge in [-0.1, -0.05) is 5.16 Å². The Morgan fingerprint density at radius 2 is 1.58 bits per heavy atom. The molecule has 1 unspecified atom stereocenters. The summed E-state index contributed by atoms with van der Waals surface area (Å²) >= 11 is 0. The van der Waals surface area contributed by atoms with Gasteiger partial charge in [0.05, 0.1) is 6.04 Å². The van der Waals surface area contributed by atoms with Crippen LogP contribution in [0.2, 0.25) is 0 Å². The number of rotatable bonds is 3. The van der Waals surface area contributed by atoms with Crippen LogP contribution in [0.25, 0.3) is 0 Å². The lowest BCUT2D eigenvalue weighted by Gasteiger charge is -2.30. The molecule has 0 bridgehead atoms. The summed E-state index contributed by atoms with van der Waals surface area (Å²) in [4.78, 5) is 11.4. The highest BCUT2D eigenvalue weighted by atomic mass is 19.4. The third kappa shape index (κ3) is 4.17. The van der Waals surface area contributed by atoms with Crippen molar-refractivity contribution in [2.75, 3.05) is 7.05 Å². The number of amidine groups is 1. The molecular formula is C8H11F6N3O2. The summed E-state index contributed by atoms with van der Waals surface area (Å²) in [6.45, 7) is 1.01. The Hall–Kier alpha value is -1.68. The Labute approximate surface area is 103 Å². The molecule has 0 saturated heterocycles. The number of carbonyl (C=O) groups excluding carboxylic acids is 1. The summed E-state index contributed by atoms with van der Waals surface area (Å²) in [5, 5.41) is 10.7. The predicted molar refractivity (Wildman–Crippen MR) is 51.2 cm³/mol. The van der Waals surface area contributed by atoms with E-state index in [1.807, 2.05) is 0 Å². The topological polar surface area (TPSA) is 78.9 Å². The highest BCUT2D eigenvalue weighted by Gasteiger charge is 2.62. The highest BCUT2D eigenvalue weighted by molar-refractivity contribution is 5.90. The van der Waals surface area contributed by atoms with E-state index in [0.29, 0.717) is 7.05 Å². The zero-order valence-electron chi connectivity index (χ0n) is 9.75. The molecule has 0 saturated carbocycles. The van der Waals surface area contributed by atoms with Gasteiger partial charge in [0.1, 0.15) is 0 Å². The molecule has 1 amide bonds. The molecule has 0 rings (SSSR count). The largest absolute Gasteiger partial charge is 0.409 e. The fraction of sp³-hybridized carbons (Fsp3) is 0.750. The van der Waals surface area contributed by atoms with Crippen molar-refractivity contribution in [2.45, 2.75) is 25.3 Å². The summed E-state index contributed by atoms with van der Waals surface area (Å²) in [6.07, 6.45) is -11.6. The van der Waals surface area contributed by atoms with Gasteiger partial charge in [0.2, 0.25) is 11.8 Å². The first kappa shape index (κ1) is 17.3. The molecule has 0 spiro atoms. The minimum Gasteiger partial charge on any atom is -0.409 e. The van der Waals surface area contributed by atoms with E-state index >= 15 is 0 Å². The standard InChI is InChI=1S/C8H11F6N3O2/c1-3(5(15)16-19)17(2)6(18)4(7(9,10)11)8(12,13)14/h3-4,19H,1-2H3,(H2,15,16). The van der Waals surface area contributed by atoms with Crippen LogP contribution in [0.5, 0.6) is 0 Å². The number of oxime groups is 1. The van der Waals surface area contributed by atoms with Crippen molar-refractivity contribution in [3.63, 3.8) is 0 Å². The molecule has 0 aromatic rings. The monoisotopic (exact) mass is 295 g/mol. The third-order valence-corrected chi connectivity index (χ3v) is 2.37. The van der Waals surface area contributed by atoms with Crippen LogP contribution >= 0.6 is 0 Å². The minimum absolute atomic E-state index is 0.112. The van der Waals surface area contributed by atoms with Crippen LogP contribution in [-0.2, 0) is 4.79 Å². The van der Waals surface area contributed by atoms with Crippen LogP contribution in [0.4, 0.5) is 26.3 Å². The summed E-state index contributed by atoms with van der Waals surface area (Å²) in [7, 11) is 0.690. The van der Waals surface area contributed by atoms with E-state index in [-0.39, 0.29) is 4.90 Å². The predicted octanol–water partition coefficient (Wildman–Crippen LogP) is 1.32. The number of halogens is 6. The van der Waals surface area contributed by atoms with Gasteiger partial charge in [-0.2, -0.15) is 26.3 Å². The maximum Gasteiger partial charge on any atom is 0.409 e.